The lowest BCUT2D eigenvalue weighted by Crippen LogP contribution is -2.37. The van der Waals surface area contributed by atoms with Gasteiger partial charge in [0.1, 0.15) is 18.2 Å². The Balaban J connectivity index is 1.46. The molecular formula is C32H36N4O5S2Si. The number of rotatable bonds is 10. The van der Waals surface area contributed by atoms with Crippen LogP contribution in [0.1, 0.15) is 43.8 Å². The molecule has 2 aromatic heterocycles. The van der Waals surface area contributed by atoms with Crippen LogP contribution in [0.25, 0.3) is 10.2 Å². The molecule has 0 saturated heterocycles. The number of nitrogens with zero attached hydrogens (tertiary/aromatic N) is 4. The first-order chi connectivity index (χ1) is 21.2. The zero-order chi connectivity index (χ0) is 31.3. The fraction of sp³-hybridized carbons (Fsp3) is 0.375. The molecule has 0 radical (unpaired) electrons. The van der Waals surface area contributed by atoms with Gasteiger partial charge in [-0.3, -0.25) is 9.69 Å². The average Bonchev–Trinajstić information content (AvgIpc) is 3.63. The lowest BCUT2D eigenvalue weighted by molar-refractivity contribution is 0.0520. The Kier molecular flexibility index (Phi) is 10.1. The van der Waals surface area contributed by atoms with Crippen molar-refractivity contribution >= 4 is 63.1 Å². The second-order valence-corrected chi connectivity index (χ2v) is 19.1. The second kappa shape index (κ2) is 14.0. The minimum atomic E-state index is -1.31. The van der Waals surface area contributed by atoms with Crippen LogP contribution in [0, 0.1) is 11.8 Å². The van der Waals surface area contributed by atoms with Gasteiger partial charge in [0.25, 0.3) is 5.91 Å². The number of fused-ring (bicyclic) bond motifs is 2. The zero-order valence-corrected chi connectivity index (χ0v) is 28.0. The van der Waals surface area contributed by atoms with Crippen molar-refractivity contribution in [3.05, 3.63) is 69.7 Å². The van der Waals surface area contributed by atoms with Crippen LogP contribution in [-0.4, -0.2) is 68.1 Å². The van der Waals surface area contributed by atoms with E-state index in [-0.39, 0.29) is 31.5 Å². The molecular weight excluding hydrogens is 613 g/mol. The number of aromatic nitrogens is 2. The first-order valence-electron chi connectivity index (χ1n) is 14.6. The van der Waals surface area contributed by atoms with E-state index in [9.17, 15) is 14.7 Å². The van der Waals surface area contributed by atoms with Crippen molar-refractivity contribution in [2.45, 2.75) is 45.6 Å². The first-order valence-corrected chi connectivity index (χ1v) is 19.9. The number of ether oxygens (including phenoxy) is 2. The molecule has 1 aliphatic heterocycles. The van der Waals surface area contributed by atoms with E-state index < -0.39 is 14.0 Å². The Labute approximate surface area is 266 Å². The topological polar surface area (TPSA) is 105 Å². The normalized spacial score (nSPS) is 12.9. The molecule has 44 heavy (non-hydrogen) atoms. The number of aliphatic hydroxyl groups is 1. The molecule has 1 N–H and O–H groups in total. The van der Waals surface area contributed by atoms with Crippen molar-refractivity contribution in [3.8, 4) is 11.8 Å². The van der Waals surface area contributed by atoms with E-state index in [4.69, 9.17) is 14.5 Å². The number of aliphatic hydroxyl groups excluding tert-OH is 1. The van der Waals surface area contributed by atoms with E-state index in [1.807, 2.05) is 36.4 Å². The Hall–Kier alpha value is -3.60. The van der Waals surface area contributed by atoms with Gasteiger partial charge in [-0.1, -0.05) is 78.4 Å². The summed E-state index contributed by atoms with van der Waals surface area (Å²) in [6.45, 7) is 10.3. The number of hydrogen-bond donors (Lipinski definition) is 1. The van der Waals surface area contributed by atoms with Gasteiger partial charge >= 0.3 is 5.97 Å². The van der Waals surface area contributed by atoms with Gasteiger partial charge in [0.05, 0.1) is 16.8 Å². The third-order valence-corrected chi connectivity index (χ3v) is 10.9. The van der Waals surface area contributed by atoms with Crippen LogP contribution in [0.3, 0.4) is 0 Å². The zero-order valence-electron chi connectivity index (χ0n) is 25.4. The molecule has 0 aliphatic carbocycles. The number of carbonyl (C=O) groups is 2. The van der Waals surface area contributed by atoms with Gasteiger partial charge < -0.3 is 19.5 Å². The molecule has 0 saturated carbocycles. The van der Waals surface area contributed by atoms with E-state index in [1.54, 1.807) is 11.8 Å². The van der Waals surface area contributed by atoms with Crippen molar-refractivity contribution in [2.24, 2.45) is 0 Å². The van der Waals surface area contributed by atoms with Crippen LogP contribution >= 0.6 is 22.7 Å². The second-order valence-electron chi connectivity index (χ2n) is 11.5. The standard InChI is InChI=1S/C32H36N4O5S2Si/c1-5-41-30(39)28-27(14-9-17-37)43-31(34-28)35-16-15-22-10-8-11-23(24(22)20-35)29(38)36(21-40-18-19-44(2,3)4)32-33-25-12-6-7-13-26(25)42-32/h6-8,10-13,37H,5,15-21H2,1-4H3. The number of amides is 1. The molecule has 0 unspecified atom stereocenters. The molecule has 12 heteroatoms. The van der Waals surface area contributed by atoms with Crippen LogP contribution in [-0.2, 0) is 22.4 Å². The van der Waals surface area contributed by atoms with E-state index in [1.165, 1.54) is 22.7 Å². The van der Waals surface area contributed by atoms with Gasteiger partial charge in [0.15, 0.2) is 16.0 Å². The number of benzene rings is 2. The fourth-order valence-electron chi connectivity index (χ4n) is 4.79. The molecule has 4 aromatic rings. The number of para-hydroxylation sites is 1. The van der Waals surface area contributed by atoms with Crippen molar-refractivity contribution in [1.82, 2.24) is 9.97 Å². The predicted molar refractivity (Wildman–Crippen MR) is 179 cm³/mol. The van der Waals surface area contributed by atoms with E-state index in [0.29, 0.717) is 46.8 Å². The van der Waals surface area contributed by atoms with Crippen molar-refractivity contribution in [1.29, 1.82) is 0 Å². The van der Waals surface area contributed by atoms with Crippen LogP contribution in [0.2, 0.25) is 25.7 Å². The number of hydrogen-bond acceptors (Lipinski definition) is 10. The number of anilines is 2. The molecule has 0 fully saturated rings. The predicted octanol–water partition coefficient (Wildman–Crippen LogP) is 5.80. The summed E-state index contributed by atoms with van der Waals surface area (Å²) in [5.41, 5.74) is 3.57. The molecule has 9 nitrogen and oxygen atoms in total. The lowest BCUT2D eigenvalue weighted by Gasteiger charge is -2.31. The van der Waals surface area contributed by atoms with Gasteiger partial charge in [-0.15, -0.1) is 0 Å². The third-order valence-electron chi connectivity index (χ3n) is 7.12. The highest BCUT2D eigenvalue weighted by atomic mass is 32.1. The summed E-state index contributed by atoms with van der Waals surface area (Å²) in [5.74, 6) is 4.73. The molecule has 0 bridgehead atoms. The van der Waals surface area contributed by atoms with Crippen LogP contribution in [0.15, 0.2) is 42.5 Å². The minimum Gasteiger partial charge on any atom is -0.461 e. The summed E-state index contributed by atoms with van der Waals surface area (Å²) >= 11 is 2.75. The summed E-state index contributed by atoms with van der Waals surface area (Å²) < 4.78 is 12.3. The van der Waals surface area contributed by atoms with Crippen molar-refractivity contribution in [3.63, 3.8) is 0 Å². The van der Waals surface area contributed by atoms with E-state index in [2.05, 4.69) is 47.4 Å². The highest BCUT2D eigenvalue weighted by molar-refractivity contribution is 7.22. The maximum Gasteiger partial charge on any atom is 0.359 e. The van der Waals surface area contributed by atoms with Gasteiger partial charge in [0, 0.05) is 33.3 Å². The molecule has 3 heterocycles. The molecule has 5 rings (SSSR count). The van der Waals surface area contributed by atoms with Crippen LogP contribution < -0.4 is 9.80 Å². The minimum absolute atomic E-state index is 0.110. The smallest absolute Gasteiger partial charge is 0.359 e. The molecule has 0 spiro atoms. The molecule has 0 atom stereocenters. The number of carbonyl (C=O) groups excluding carboxylic acids is 2. The van der Waals surface area contributed by atoms with Gasteiger partial charge in [-0.05, 0) is 48.7 Å². The largest absolute Gasteiger partial charge is 0.461 e. The van der Waals surface area contributed by atoms with Gasteiger partial charge in [-0.2, -0.15) is 0 Å². The van der Waals surface area contributed by atoms with Gasteiger partial charge in [0.2, 0.25) is 0 Å². The summed E-state index contributed by atoms with van der Waals surface area (Å²) in [5, 5.41) is 10.4. The quantitative estimate of drug-likeness (QED) is 0.0757. The molecule has 1 aliphatic rings. The van der Waals surface area contributed by atoms with E-state index >= 15 is 0 Å². The van der Waals surface area contributed by atoms with Crippen molar-refractivity contribution in [2.75, 3.05) is 42.9 Å². The van der Waals surface area contributed by atoms with Crippen molar-refractivity contribution < 1.29 is 24.2 Å². The fourth-order valence-corrected chi connectivity index (χ4v) is 7.45. The number of thiazole rings is 2. The highest BCUT2D eigenvalue weighted by Gasteiger charge is 2.30. The van der Waals surface area contributed by atoms with E-state index in [0.717, 1.165) is 27.4 Å². The summed E-state index contributed by atoms with van der Waals surface area (Å²) in [6, 6.07) is 14.7. The number of esters is 1. The monoisotopic (exact) mass is 648 g/mol. The summed E-state index contributed by atoms with van der Waals surface area (Å²) in [7, 11) is -1.31. The third kappa shape index (κ3) is 7.36. The molecule has 2 aromatic carbocycles. The SMILES string of the molecule is CCOC(=O)c1nc(N2CCc3cccc(C(=O)N(COCC[Si](C)(C)C)c4nc5ccccc5s4)c3C2)sc1C#CCO. The Morgan fingerprint density at radius 1 is 1.11 bits per heavy atom. The summed E-state index contributed by atoms with van der Waals surface area (Å²) in [4.78, 5) is 40.5. The summed E-state index contributed by atoms with van der Waals surface area (Å²) in [6.07, 6.45) is 0.705. The Morgan fingerprint density at radius 2 is 1.93 bits per heavy atom. The maximum absolute atomic E-state index is 14.4. The van der Waals surface area contributed by atoms with Gasteiger partial charge in [-0.25, -0.2) is 14.8 Å². The highest BCUT2D eigenvalue weighted by Crippen LogP contribution is 2.34. The van der Waals surface area contributed by atoms with Crippen LogP contribution in [0.4, 0.5) is 10.3 Å². The Morgan fingerprint density at radius 3 is 2.68 bits per heavy atom. The maximum atomic E-state index is 14.4. The molecule has 1 amide bonds. The molecule has 230 valence electrons. The average molecular weight is 649 g/mol. The Bertz CT molecular complexity index is 1690. The first kappa shape index (κ1) is 31.8. The lowest BCUT2D eigenvalue weighted by atomic mass is 9.94. The van der Waals surface area contributed by atoms with Crippen LogP contribution in [0.5, 0.6) is 0 Å².